The number of nitrogens with zero attached hydrogens (tertiary/aromatic N) is 1. The van der Waals surface area contributed by atoms with E-state index in [0.29, 0.717) is 30.8 Å². The number of aliphatic carboxylic acids is 1. The van der Waals surface area contributed by atoms with Gasteiger partial charge in [-0.2, -0.15) is 4.31 Å². The molecule has 0 amide bonds. The maximum absolute atomic E-state index is 12.6. The lowest BCUT2D eigenvalue weighted by Gasteiger charge is -2.30. The number of halogens is 1. The second-order valence-corrected chi connectivity index (χ2v) is 9.32. The number of carboxylic acids is 1. The smallest absolute Gasteiger partial charge is 0.329 e. The van der Waals surface area contributed by atoms with Crippen LogP contribution >= 0.6 is 27.3 Å². The first kappa shape index (κ1) is 16.9. The largest absolute Gasteiger partial charge is 0.480 e. The fourth-order valence-corrected chi connectivity index (χ4v) is 6.11. The van der Waals surface area contributed by atoms with Crippen LogP contribution in [-0.2, 0) is 19.6 Å². The molecule has 1 fully saturated rings. The molecule has 0 unspecified atom stereocenters. The third kappa shape index (κ3) is 4.04. The molecule has 0 aliphatic carbocycles. The van der Waals surface area contributed by atoms with E-state index in [1.54, 1.807) is 13.0 Å². The molecule has 6 nitrogen and oxygen atoms in total. The van der Waals surface area contributed by atoms with E-state index >= 15 is 0 Å². The molecule has 1 N–H and O–H groups in total. The standard InChI is InChI=1S/C12H16BrNO5S2/c1-8-10(6-11(13)20-8)21(17,18)14-4-2-9(3-5-14)19-7-12(15)16/h6,9H,2-5,7H2,1H3,(H,15,16). The molecular formula is C12H16BrNO5S2. The SMILES string of the molecule is Cc1sc(Br)cc1S(=O)(=O)N1CCC(OCC(=O)O)CC1. The van der Waals surface area contributed by atoms with E-state index in [4.69, 9.17) is 9.84 Å². The third-order valence-electron chi connectivity index (χ3n) is 3.30. The molecule has 2 heterocycles. The Morgan fingerprint density at radius 1 is 1.52 bits per heavy atom. The summed E-state index contributed by atoms with van der Waals surface area (Å²) in [5.41, 5.74) is 0. The van der Waals surface area contributed by atoms with Crippen LogP contribution in [0, 0.1) is 6.92 Å². The normalized spacial score (nSPS) is 18.0. The number of aryl methyl sites for hydroxylation is 1. The monoisotopic (exact) mass is 397 g/mol. The predicted molar refractivity (Wildman–Crippen MR) is 82.1 cm³/mol. The molecule has 118 valence electrons. The molecule has 0 aromatic carbocycles. The van der Waals surface area contributed by atoms with Crippen molar-refractivity contribution in [3.63, 3.8) is 0 Å². The second-order valence-electron chi connectivity index (χ2n) is 4.78. The molecule has 2 rings (SSSR count). The molecule has 1 aromatic rings. The van der Waals surface area contributed by atoms with Gasteiger partial charge in [-0.15, -0.1) is 11.3 Å². The molecule has 1 aromatic heterocycles. The van der Waals surface area contributed by atoms with Gasteiger partial charge in [0.2, 0.25) is 10.0 Å². The lowest BCUT2D eigenvalue weighted by Crippen LogP contribution is -2.41. The van der Waals surface area contributed by atoms with E-state index in [1.165, 1.54) is 15.6 Å². The van der Waals surface area contributed by atoms with Crippen molar-refractivity contribution in [2.24, 2.45) is 0 Å². The molecule has 21 heavy (non-hydrogen) atoms. The Morgan fingerprint density at radius 2 is 2.14 bits per heavy atom. The van der Waals surface area contributed by atoms with Crippen LogP contribution < -0.4 is 0 Å². The lowest BCUT2D eigenvalue weighted by atomic mass is 10.1. The van der Waals surface area contributed by atoms with Crippen molar-refractivity contribution in [3.05, 3.63) is 14.7 Å². The van der Waals surface area contributed by atoms with Gasteiger partial charge in [-0.25, -0.2) is 13.2 Å². The first-order valence-corrected chi connectivity index (χ1v) is 9.45. The van der Waals surface area contributed by atoms with Gasteiger partial charge in [-0.1, -0.05) is 0 Å². The van der Waals surface area contributed by atoms with E-state index in [9.17, 15) is 13.2 Å². The average Bonchev–Trinajstić information content (AvgIpc) is 2.76. The first-order valence-electron chi connectivity index (χ1n) is 6.40. The second kappa shape index (κ2) is 6.74. The zero-order valence-corrected chi connectivity index (χ0v) is 14.6. The number of rotatable bonds is 5. The topological polar surface area (TPSA) is 83.9 Å². The van der Waals surface area contributed by atoms with Crippen LogP contribution in [0.3, 0.4) is 0 Å². The number of carbonyl (C=O) groups is 1. The van der Waals surface area contributed by atoms with Crippen LogP contribution in [0.2, 0.25) is 0 Å². The fourth-order valence-electron chi connectivity index (χ4n) is 2.25. The highest BCUT2D eigenvalue weighted by Gasteiger charge is 2.31. The Kier molecular flexibility index (Phi) is 5.42. The van der Waals surface area contributed by atoms with Gasteiger partial charge in [0, 0.05) is 18.0 Å². The predicted octanol–water partition coefficient (Wildman–Crippen LogP) is 2.07. The summed E-state index contributed by atoms with van der Waals surface area (Å²) in [5, 5.41) is 8.57. The van der Waals surface area contributed by atoms with Gasteiger partial charge in [0.05, 0.1) is 14.8 Å². The molecule has 1 aliphatic heterocycles. The van der Waals surface area contributed by atoms with Gasteiger partial charge in [-0.3, -0.25) is 0 Å². The number of carboxylic acid groups (broad SMARTS) is 1. The first-order chi connectivity index (χ1) is 9.80. The summed E-state index contributed by atoms with van der Waals surface area (Å²) in [6.45, 7) is 2.14. The van der Waals surface area contributed by atoms with Crippen molar-refractivity contribution in [2.45, 2.75) is 30.8 Å². The van der Waals surface area contributed by atoms with Gasteiger partial charge in [-0.05, 0) is 41.8 Å². The lowest BCUT2D eigenvalue weighted by molar-refractivity contribution is -0.145. The summed E-state index contributed by atoms with van der Waals surface area (Å²) in [4.78, 5) is 11.5. The molecule has 9 heteroatoms. The van der Waals surface area contributed by atoms with E-state index in [1.807, 2.05) is 0 Å². The van der Waals surface area contributed by atoms with Crippen LogP contribution in [0.25, 0.3) is 0 Å². The van der Waals surface area contributed by atoms with E-state index < -0.39 is 16.0 Å². The van der Waals surface area contributed by atoms with Crippen molar-refractivity contribution in [2.75, 3.05) is 19.7 Å². The molecule has 0 saturated carbocycles. The third-order valence-corrected chi connectivity index (χ3v) is 7.01. The van der Waals surface area contributed by atoms with Gasteiger partial charge < -0.3 is 9.84 Å². The average molecular weight is 398 g/mol. The molecule has 0 spiro atoms. The van der Waals surface area contributed by atoms with Gasteiger partial charge >= 0.3 is 5.97 Å². The highest BCUT2D eigenvalue weighted by molar-refractivity contribution is 9.11. The quantitative estimate of drug-likeness (QED) is 0.821. The highest BCUT2D eigenvalue weighted by atomic mass is 79.9. The van der Waals surface area contributed by atoms with E-state index in [2.05, 4.69) is 15.9 Å². The summed E-state index contributed by atoms with van der Waals surface area (Å²) in [7, 11) is -3.48. The summed E-state index contributed by atoms with van der Waals surface area (Å²) < 4.78 is 32.6. The van der Waals surface area contributed by atoms with Crippen molar-refractivity contribution in [1.82, 2.24) is 4.31 Å². The maximum atomic E-state index is 12.6. The number of hydrogen-bond acceptors (Lipinski definition) is 5. The number of hydrogen-bond donors (Lipinski definition) is 1. The minimum absolute atomic E-state index is 0.192. The Morgan fingerprint density at radius 3 is 2.62 bits per heavy atom. The van der Waals surface area contributed by atoms with Gasteiger partial charge in [0.25, 0.3) is 0 Å². The van der Waals surface area contributed by atoms with Crippen molar-refractivity contribution < 1.29 is 23.1 Å². The molecule has 0 bridgehead atoms. The molecular weight excluding hydrogens is 382 g/mol. The molecule has 0 radical (unpaired) electrons. The number of sulfonamides is 1. The zero-order chi connectivity index (χ0) is 15.6. The zero-order valence-electron chi connectivity index (χ0n) is 11.4. The highest BCUT2D eigenvalue weighted by Crippen LogP contribution is 2.32. The summed E-state index contributed by atoms with van der Waals surface area (Å²) in [6.07, 6.45) is 0.830. The Labute approximate surface area is 135 Å². The van der Waals surface area contributed by atoms with Gasteiger partial charge in [0.15, 0.2) is 0 Å². The van der Waals surface area contributed by atoms with Gasteiger partial charge in [0.1, 0.15) is 6.61 Å². The van der Waals surface area contributed by atoms with Crippen molar-refractivity contribution >= 4 is 43.3 Å². The summed E-state index contributed by atoms with van der Waals surface area (Å²) in [6, 6.07) is 1.63. The van der Waals surface area contributed by atoms with Crippen molar-refractivity contribution in [1.29, 1.82) is 0 Å². The molecule has 0 atom stereocenters. The van der Waals surface area contributed by atoms with Crippen LogP contribution in [0.5, 0.6) is 0 Å². The van der Waals surface area contributed by atoms with Crippen LogP contribution in [-0.4, -0.2) is 49.6 Å². The number of thiophene rings is 1. The molecule has 1 aliphatic rings. The van der Waals surface area contributed by atoms with Crippen LogP contribution in [0.1, 0.15) is 17.7 Å². The Bertz CT molecular complexity index is 620. The molecule has 1 saturated heterocycles. The minimum atomic E-state index is -3.48. The fraction of sp³-hybridized carbons (Fsp3) is 0.583. The van der Waals surface area contributed by atoms with Crippen LogP contribution in [0.4, 0.5) is 0 Å². The van der Waals surface area contributed by atoms with Crippen LogP contribution in [0.15, 0.2) is 14.7 Å². The Balaban J connectivity index is 2.01. The summed E-state index contributed by atoms with van der Waals surface area (Å²) >= 11 is 4.70. The number of piperidine rings is 1. The summed E-state index contributed by atoms with van der Waals surface area (Å²) in [5.74, 6) is -1.01. The maximum Gasteiger partial charge on any atom is 0.329 e. The van der Waals surface area contributed by atoms with Crippen molar-refractivity contribution in [3.8, 4) is 0 Å². The number of ether oxygens (including phenoxy) is 1. The Hall–Kier alpha value is -0.480. The van der Waals surface area contributed by atoms with E-state index in [-0.39, 0.29) is 12.7 Å². The van der Waals surface area contributed by atoms with E-state index in [0.717, 1.165) is 8.66 Å². The minimum Gasteiger partial charge on any atom is -0.480 e.